The van der Waals surface area contributed by atoms with Gasteiger partial charge in [-0.3, -0.25) is 4.90 Å². The van der Waals surface area contributed by atoms with E-state index in [4.69, 9.17) is 5.73 Å². The smallest absolute Gasteiger partial charge is 0.0234 e. The Kier molecular flexibility index (Phi) is 4.23. The molecule has 3 heteroatoms. The minimum atomic E-state index is 0.340. The molecule has 0 aliphatic carbocycles. The number of rotatable bonds is 2. The van der Waals surface area contributed by atoms with Crippen LogP contribution in [0.4, 0.5) is 0 Å². The predicted molar refractivity (Wildman–Crippen MR) is 75.9 cm³/mol. The predicted octanol–water partition coefficient (Wildman–Crippen LogP) is 2.93. The van der Waals surface area contributed by atoms with Crippen molar-refractivity contribution in [3.8, 4) is 0 Å². The van der Waals surface area contributed by atoms with Crippen LogP contribution in [0.2, 0.25) is 0 Å². The van der Waals surface area contributed by atoms with Gasteiger partial charge in [0, 0.05) is 30.1 Å². The summed E-state index contributed by atoms with van der Waals surface area (Å²) in [5.41, 5.74) is 8.73. The van der Waals surface area contributed by atoms with Gasteiger partial charge in [0.2, 0.25) is 0 Å². The molecule has 2 nitrogen and oxygen atoms in total. The van der Waals surface area contributed by atoms with Crippen molar-refractivity contribution in [3.05, 3.63) is 33.8 Å². The number of halogens is 1. The quantitative estimate of drug-likeness (QED) is 0.909. The van der Waals surface area contributed by atoms with Gasteiger partial charge in [-0.05, 0) is 36.5 Å². The van der Waals surface area contributed by atoms with Crippen molar-refractivity contribution in [1.82, 2.24) is 4.90 Å². The largest absolute Gasteiger partial charge is 0.327 e. The van der Waals surface area contributed by atoms with Crippen LogP contribution < -0.4 is 5.73 Å². The van der Waals surface area contributed by atoms with Gasteiger partial charge in [0.25, 0.3) is 0 Å². The number of benzene rings is 1. The van der Waals surface area contributed by atoms with Crippen molar-refractivity contribution in [2.75, 3.05) is 13.1 Å². The Hall–Kier alpha value is -0.380. The zero-order chi connectivity index (χ0) is 12.4. The van der Waals surface area contributed by atoms with E-state index in [0.29, 0.717) is 12.0 Å². The summed E-state index contributed by atoms with van der Waals surface area (Å²) >= 11 is 3.59. The van der Waals surface area contributed by atoms with Gasteiger partial charge < -0.3 is 5.73 Å². The van der Waals surface area contributed by atoms with E-state index in [1.165, 1.54) is 22.1 Å². The van der Waals surface area contributed by atoms with E-state index in [1.54, 1.807) is 0 Å². The molecule has 1 fully saturated rings. The monoisotopic (exact) mass is 296 g/mol. The van der Waals surface area contributed by atoms with Gasteiger partial charge in [0.05, 0.1) is 0 Å². The van der Waals surface area contributed by atoms with Crippen LogP contribution >= 0.6 is 15.9 Å². The van der Waals surface area contributed by atoms with Crippen LogP contribution in [0, 0.1) is 12.8 Å². The Balaban J connectivity index is 2.02. The fraction of sp³-hybridized carbons (Fsp3) is 0.571. The van der Waals surface area contributed by atoms with Crippen molar-refractivity contribution >= 4 is 15.9 Å². The lowest BCUT2D eigenvalue weighted by Gasteiger charge is -2.34. The van der Waals surface area contributed by atoms with E-state index in [1.807, 2.05) is 0 Å². The number of likely N-dealkylation sites (tertiary alicyclic amines) is 1. The summed E-state index contributed by atoms with van der Waals surface area (Å²) in [4.78, 5) is 2.47. The van der Waals surface area contributed by atoms with Gasteiger partial charge in [0.15, 0.2) is 0 Å². The molecule has 0 aromatic heterocycles. The number of nitrogens with two attached hydrogens (primary N) is 1. The minimum absolute atomic E-state index is 0.340. The number of piperidine rings is 1. The van der Waals surface area contributed by atoms with Crippen LogP contribution in [0.15, 0.2) is 22.7 Å². The summed E-state index contributed by atoms with van der Waals surface area (Å²) in [6.45, 7) is 7.61. The molecule has 1 aliphatic heterocycles. The summed E-state index contributed by atoms with van der Waals surface area (Å²) in [6, 6.07) is 6.95. The molecule has 2 rings (SSSR count). The summed E-state index contributed by atoms with van der Waals surface area (Å²) < 4.78 is 1.20. The highest BCUT2D eigenvalue weighted by Gasteiger charge is 2.21. The molecule has 2 N–H and O–H groups in total. The molecule has 1 aromatic carbocycles. The van der Waals surface area contributed by atoms with Gasteiger partial charge >= 0.3 is 0 Å². The first-order chi connectivity index (χ1) is 8.04. The van der Waals surface area contributed by atoms with Gasteiger partial charge in [-0.2, -0.15) is 0 Å². The van der Waals surface area contributed by atoms with Crippen molar-refractivity contribution in [1.29, 1.82) is 0 Å². The minimum Gasteiger partial charge on any atom is -0.327 e. The maximum Gasteiger partial charge on any atom is 0.0234 e. The average molecular weight is 297 g/mol. The highest BCUT2D eigenvalue weighted by atomic mass is 79.9. The summed E-state index contributed by atoms with van der Waals surface area (Å²) in [6.07, 6.45) is 1.16. The van der Waals surface area contributed by atoms with Gasteiger partial charge in [-0.15, -0.1) is 0 Å². The first kappa shape index (κ1) is 13.1. The molecule has 17 heavy (non-hydrogen) atoms. The van der Waals surface area contributed by atoms with Crippen molar-refractivity contribution in [2.45, 2.75) is 32.9 Å². The van der Waals surface area contributed by atoms with Crippen LogP contribution in [0.1, 0.15) is 24.5 Å². The maximum atomic E-state index is 6.07. The van der Waals surface area contributed by atoms with E-state index in [-0.39, 0.29) is 0 Å². The van der Waals surface area contributed by atoms with E-state index in [0.717, 1.165) is 19.5 Å². The SMILES string of the molecule is Cc1ccc(CN2CC(C)CC(N)C2)cc1Br. The Bertz CT molecular complexity index is 382. The Labute approximate surface area is 112 Å². The molecule has 94 valence electrons. The third kappa shape index (κ3) is 3.54. The van der Waals surface area contributed by atoms with E-state index < -0.39 is 0 Å². The van der Waals surface area contributed by atoms with Crippen LogP contribution in [0.5, 0.6) is 0 Å². The molecule has 2 atom stereocenters. The van der Waals surface area contributed by atoms with Crippen LogP contribution in [0.3, 0.4) is 0 Å². The summed E-state index contributed by atoms with van der Waals surface area (Å²) in [7, 11) is 0. The molecule has 2 unspecified atom stereocenters. The molecular formula is C14H21BrN2. The molecule has 0 bridgehead atoms. The Morgan fingerprint density at radius 2 is 2.18 bits per heavy atom. The summed E-state index contributed by atoms with van der Waals surface area (Å²) in [5, 5.41) is 0. The maximum absolute atomic E-state index is 6.07. The normalized spacial score (nSPS) is 26.1. The second-order valence-corrected chi connectivity index (χ2v) is 6.23. The van der Waals surface area contributed by atoms with E-state index in [9.17, 15) is 0 Å². The first-order valence-electron chi connectivity index (χ1n) is 6.27. The Morgan fingerprint density at radius 1 is 1.41 bits per heavy atom. The number of nitrogens with zero attached hydrogens (tertiary/aromatic N) is 1. The third-order valence-corrected chi connectivity index (χ3v) is 4.26. The lowest BCUT2D eigenvalue weighted by Crippen LogP contribution is -2.45. The van der Waals surface area contributed by atoms with Crippen LogP contribution in [-0.4, -0.2) is 24.0 Å². The van der Waals surface area contributed by atoms with E-state index in [2.05, 4.69) is 52.9 Å². The second kappa shape index (κ2) is 5.51. The topological polar surface area (TPSA) is 29.3 Å². The molecule has 1 saturated heterocycles. The zero-order valence-corrected chi connectivity index (χ0v) is 12.2. The first-order valence-corrected chi connectivity index (χ1v) is 7.07. The third-order valence-electron chi connectivity index (χ3n) is 3.41. The number of hydrogen-bond acceptors (Lipinski definition) is 2. The Morgan fingerprint density at radius 3 is 2.82 bits per heavy atom. The molecule has 1 heterocycles. The number of hydrogen-bond donors (Lipinski definition) is 1. The molecule has 0 saturated carbocycles. The molecule has 0 radical (unpaired) electrons. The highest BCUT2D eigenvalue weighted by Crippen LogP contribution is 2.21. The number of aryl methyl sites for hydroxylation is 1. The van der Waals surface area contributed by atoms with Crippen molar-refractivity contribution < 1.29 is 0 Å². The standard InChI is InChI=1S/C14H21BrN2/c1-10-5-13(16)9-17(7-10)8-12-4-3-11(2)14(15)6-12/h3-4,6,10,13H,5,7-9,16H2,1-2H3. The second-order valence-electron chi connectivity index (χ2n) is 5.38. The van der Waals surface area contributed by atoms with Crippen molar-refractivity contribution in [3.63, 3.8) is 0 Å². The van der Waals surface area contributed by atoms with Gasteiger partial charge in [0.1, 0.15) is 0 Å². The molecule has 0 spiro atoms. The van der Waals surface area contributed by atoms with Gasteiger partial charge in [-0.25, -0.2) is 0 Å². The van der Waals surface area contributed by atoms with Crippen LogP contribution in [-0.2, 0) is 6.54 Å². The highest BCUT2D eigenvalue weighted by molar-refractivity contribution is 9.10. The van der Waals surface area contributed by atoms with E-state index >= 15 is 0 Å². The lowest BCUT2D eigenvalue weighted by molar-refractivity contribution is 0.158. The average Bonchev–Trinajstić information content (AvgIpc) is 2.22. The van der Waals surface area contributed by atoms with Crippen LogP contribution in [0.25, 0.3) is 0 Å². The fourth-order valence-electron chi connectivity index (χ4n) is 2.63. The fourth-order valence-corrected chi connectivity index (χ4v) is 3.06. The van der Waals surface area contributed by atoms with Gasteiger partial charge in [-0.1, -0.05) is 35.0 Å². The zero-order valence-electron chi connectivity index (χ0n) is 10.6. The molecule has 1 aromatic rings. The molecule has 0 amide bonds. The van der Waals surface area contributed by atoms with Crippen molar-refractivity contribution in [2.24, 2.45) is 11.7 Å². The molecular weight excluding hydrogens is 276 g/mol. The molecule has 1 aliphatic rings. The summed E-state index contributed by atoms with van der Waals surface area (Å²) in [5.74, 6) is 0.715. The lowest BCUT2D eigenvalue weighted by atomic mass is 9.96.